The van der Waals surface area contributed by atoms with Crippen molar-refractivity contribution in [2.75, 3.05) is 46.0 Å². The molecule has 0 saturated heterocycles. The number of halogens is 1. The van der Waals surface area contributed by atoms with Crippen LogP contribution >= 0.6 is 0 Å². The highest BCUT2D eigenvalue weighted by Gasteiger charge is 2.27. The predicted octanol–water partition coefficient (Wildman–Crippen LogP) is 3.55. The number of benzene rings is 2. The molecule has 1 aliphatic rings. The fourth-order valence-electron chi connectivity index (χ4n) is 3.93. The second-order valence-corrected chi connectivity index (χ2v) is 8.76. The standard InChI is InChI=1S/C25H34FN3O5/c1-17(12-29(18(2)15-30)25(31)27-21-8-6-20(26)7-9-21)24(32-4)14-28(3)13-19-5-10-22-23(11-19)34-16-33-22/h5-11,17-18,24,30H,12-16H2,1-4H3,(H,27,31)/t17-,18+,24-/m1/s1. The maximum Gasteiger partial charge on any atom is 0.322 e. The van der Waals surface area contributed by atoms with Crippen LogP contribution in [0.3, 0.4) is 0 Å². The van der Waals surface area contributed by atoms with Crippen LogP contribution < -0.4 is 14.8 Å². The summed E-state index contributed by atoms with van der Waals surface area (Å²) in [6, 6.07) is 10.7. The van der Waals surface area contributed by atoms with Crippen molar-refractivity contribution in [1.82, 2.24) is 9.80 Å². The molecule has 0 saturated carbocycles. The summed E-state index contributed by atoms with van der Waals surface area (Å²) in [7, 11) is 3.67. The molecular formula is C25H34FN3O5. The highest BCUT2D eigenvalue weighted by atomic mass is 19.1. The molecule has 1 aliphatic heterocycles. The van der Waals surface area contributed by atoms with Crippen molar-refractivity contribution in [2.24, 2.45) is 5.92 Å². The Kier molecular flexibility index (Phi) is 9.09. The normalized spacial score (nSPS) is 15.1. The minimum Gasteiger partial charge on any atom is -0.454 e. The third-order valence-electron chi connectivity index (χ3n) is 5.96. The van der Waals surface area contributed by atoms with Crippen molar-refractivity contribution < 1.29 is 28.5 Å². The number of likely N-dealkylation sites (N-methyl/N-ethyl adjacent to an activating group) is 1. The monoisotopic (exact) mass is 475 g/mol. The van der Waals surface area contributed by atoms with Gasteiger partial charge in [0.25, 0.3) is 0 Å². The van der Waals surface area contributed by atoms with Crippen molar-refractivity contribution in [3.8, 4) is 11.5 Å². The van der Waals surface area contributed by atoms with E-state index in [1.165, 1.54) is 24.3 Å². The van der Waals surface area contributed by atoms with E-state index in [2.05, 4.69) is 10.2 Å². The summed E-state index contributed by atoms with van der Waals surface area (Å²) in [6.45, 7) is 5.60. The first-order valence-corrected chi connectivity index (χ1v) is 11.3. The fourth-order valence-corrected chi connectivity index (χ4v) is 3.93. The average Bonchev–Trinajstić information content (AvgIpc) is 3.29. The maximum absolute atomic E-state index is 13.2. The molecule has 0 bridgehead atoms. The molecule has 2 aromatic carbocycles. The zero-order valence-electron chi connectivity index (χ0n) is 20.2. The number of carbonyl (C=O) groups is 1. The molecule has 2 N–H and O–H groups in total. The van der Waals surface area contributed by atoms with E-state index in [4.69, 9.17) is 14.2 Å². The van der Waals surface area contributed by atoms with Gasteiger partial charge in [0.05, 0.1) is 18.8 Å². The lowest BCUT2D eigenvalue weighted by Gasteiger charge is -2.34. The highest BCUT2D eigenvalue weighted by Crippen LogP contribution is 2.32. The van der Waals surface area contributed by atoms with Crippen molar-refractivity contribution in [3.05, 3.63) is 53.8 Å². The first-order chi connectivity index (χ1) is 16.3. The number of fused-ring (bicyclic) bond motifs is 1. The van der Waals surface area contributed by atoms with E-state index >= 15 is 0 Å². The Labute approximate surface area is 200 Å². The van der Waals surface area contributed by atoms with Gasteiger partial charge in [-0.15, -0.1) is 0 Å². The van der Waals surface area contributed by atoms with E-state index < -0.39 is 6.04 Å². The van der Waals surface area contributed by atoms with Crippen molar-refractivity contribution in [3.63, 3.8) is 0 Å². The molecule has 8 nitrogen and oxygen atoms in total. The quantitative estimate of drug-likeness (QED) is 0.517. The Morgan fingerprint density at radius 3 is 2.53 bits per heavy atom. The van der Waals surface area contributed by atoms with Crippen LogP contribution in [-0.2, 0) is 11.3 Å². The average molecular weight is 476 g/mol. The number of aliphatic hydroxyl groups is 1. The number of aliphatic hydroxyl groups excluding tert-OH is 1. The zero-order valence-corrected chi connectivity index (χ0v) is 20.2. The smallest absolute Gasteiger partial charge is 0.322 e. The summed E-state index contributed by atoms with van der Waals surface area (Å²) in [4.78, 5) is 16.7. The van der Waals surface area contributed by atoms with Crippen molar-refractivity contribution in [1.29, 1.82) is 0 Å². The second-order valence-electron chi connectivity index (χ2n) is 8.76. The van der Waals surface area contributed by atoms with E-state index in [1.54, 1.807) is 18.9 Å². The Morgan fingerprint density at radius 2 is 1.85 bits per heavy atom. The van der Waals surface area contributed by atoms with Gasteiger partial charge in [0.1, 0.15) is 5.82 Å². The van der Waals surface area contributed by atoms with Crippen LogP contribution in [0.5, 0.6) is 11.5 Å². The van der Waals surface area contributed by atoms with Crippen molar-refractivity contribution in [2.45, 2.75) is 32.5 Å². The second kappa shape index (κ2) is 12.0. The molecule has 0 unspecified atom stereocenters. The van der Waals surface area contributed by atoms with Gasteiger partial charge in [-0.2, -0.15) is 0 Å². The minimum absolute atomic E-state index is 0.0165. The fraction of sp³-hybridized carbons (Fsp3) is 0.480. The number of ether oxygens (including phenoxy) is 3. The van der Waals surface area contributed by atoms with E-state index in [1.807, 2.05) is 32.2 Å². The number of hydrogen-bond acceptors (Lipinski definition) is 6. The van der Waals surface area contributed by atoms with E-state index in [-0.39, 0.29) is 37.3 Å². The zero-order chi connectivity index (χ0) is 24.7. The largest absolute Gasteiger partial charge is 0.454 e. The Morgan fingerprint density at radius 1 is 1.15 bits per heavy atom. The number of carbonyl (C=O) groups excluding carboxylic acids is 1. The molecule has 34 heavy (non-hydrogen) atoms. The van der Waals surface area contributed by atoms with Crippen LogP contribution in [0, 0.1) is 11.7 Å². The van der Waals surface area contributed by atoms with Gasteiger partial charge in [0.15, 0.2) is 11.5 Å². The van der Waals surface area contributed by atoms with Gasteiger partial charge in [-0.05, 0) is 55.9 Å². The number of methoxy groups -OCH3 is 1. The molecule has 2 amide bonds. The molecule has 1 heterocycles. The number of hydrogen-bond donors (Lipinski definition) is 2. The van der Waals surface area contributed by atoms with Gasteiger partial charge in [0.2, 0.25) is 6.79 Å². The molecule has 9 heteroatoms. The molecule has 0 fully saturated rings. The summed E-state index contributed by atoms with van der Waals surface area (Å²) in [5.41, 5.74) is 1.59. The van der Waals surface area contributed by atoms with Crippen LogP contribution in [-0.4, -0.2) is 73.7 Å². The SMILES string of the molecule is CO[C@H](CN(C)Cc1ccc2c(c1)OCO2)[C@H](C)CN(C(=O)Nc1ccc(F)cc1)[C@@H](C)CO. The summed E-state index contributed by atoms with van der Waals surface area (Å²) in [5, 5.41) is 12.5. The summed E-state index contributed by atoms with van der Waals surface area (Å²) in [6.07, 6.45) is -0.147. The van der Waals surface area contributed by atoms with Crippen LogP contribution in [0.2, 0.25) is 0 Å². The van der Waals surface area contributed by atoms with Crippen molar-refractivity contribution >= 4 is 11.7 Å². The number of nitrogens with one attached hydrogen (secondary N) is 1. The number of nitrogens with zero attached hydrogens (tertiary/aromatic N) is 2. The van der Waals surface area contributed by atoms with Crippen LogP contribution in [0.15, 0.2) is 42.5 Å². The van der Waals surface area contributed by atoms with E-state index in [0.717, 1.165) is 17.1 Å². The lowest BCUT2D eigenvalue weighted by atomic mass is 10.0. The Hall–Kier alpha value is -2.88. The van der Waals surface area contributed by atoms with Crippen LogP contribution in [0.1, 0.15) is 19.4 Å². The molecule has 0 aromatic heterocycles. The molecule has 186 valence electrons. The minimum atomic E-state index is -0.397. The van der Waals surface area contributed by atoms with Gasteiger partial charge in [-0.1, -0.05) is 13.0 Å². The molecule has 3 atom stereocenters. The summed E-state index contributed by atoms with van der Waals surface area (Å²) < 4.78 is 29.8. The molecule has 0 radical (unpaired) electrons. The molecular weight excluding hydrogens is 441 g/mol. The Bertz CT molecular complexity index is 943. The lowest BCUT2D eigenvalue weighted by Crippen LogP contribution is -2.48. The maximum atomic E-state index is 13.2. The van der Waals surface area contributed by atoms with Crippen LogP contribution in [0.4, 0.5) is 14.9 Å². The van der Waals surface area contributed by atoms with E-state index in [9.17, 15) is 14.3 Å². The third kappa shape index (κ3) is 6.82. The topological polar surface area (TPSA) is 83.5 Å². The van der Waals surface area contributed by atoms with Gasteiger partial charge >= 0.3 is 6.03 Å². The third-order valence-corrected chi connectivity index (χ3v) is 5.96. The molecule has 0 spiro atoms. The number of anilines is 1. The molecule has 2 aromatic rings. The predicted molar refractivity (Wildman–Crippen MR) is 128 cm³/mol. The number of rotatable bonds is 11. The van der Waals surface area contributed by atoms with Gasteiger partial charge in [0, 0.05) is 38.3 Å². The van der Waals surface area contributed by atoms with E-state index in [0.29, 0.717) is 25.3 Å². The highest BCUT2D eigenvalue weighted by molar-refractivity contribution is 5.89. The summed E-state index contributed by atoms with van der Waals surface area (Å²) in [5.74, 6) is 1.12. The first kappa shape index (κ1) is 25.7. The molecule has 3 rings (SSSR count). The molecule has 0 aliphatic carbocycles. The van der Waals surface area contributed by atoms with Crippen LogP contribution in [0.25, 0.3) is 0 Å². The summed E-state index contributed by atoms with van der Waals surface area (Å²) >= 11 is 0. The van der Waals surface area contributed by atoms with Gasteiger partial charge < -0.3 is 29.5 Å². The Balaban J connectivity index is 1.59. The van der Waals surface area contributed by atoms with Gasteiger partial charge in [-0.25, -0.2) is 9.18 Å². The number of amides is 2. The first-order valence-electron chi connectivity index (χ1n) is 11.3. The van der Waals surface area contributed by atoms with Gasteiger partial charge in [-0.3, -0.25) is 4.90 Å². The number of urea groups is 1. The lowest BCUT2D eigenvalue weighted by molar-refractivity contribution is 0.0177.